The molecule has 0 unspecified atom stereocenters. The first-order valence-electron chi connectivity index (χ1n) is 10.7. The largest absolute Gasteiger partial charge is 0.497 e. The molecule has 0 aliphatic heterocycles. The summed E-state index contributed by atoms with van der Waals surface area (Å²) in [7, 11) is 1.64. The lowest BCUT2D eigenvalue weighted by Gasteiger charge is -2.17. The molecule has 6 nitrogen and oxygen atoms in total. The maximum absolute atomic E-state index is 12.6. The summed E-state index contributed by atoms with van der Waals surface area (Å²) in [4.78, 5) is 24.7. The van der Waals surface area contributed by atoms with Crippen molar-refractivity contribution in [2.24, 2.45) is 0 Å². The number of carbonyl (C=O) groups is 1. The molecule has 2 N–H and O–H groups in total. The van der Waals surface area contributed by atoms with E-state index in [0.29, 0.717) is 18.5 Å². The molecular formula is C25H27N3O3. The van der Waals surface area contributed by atoms with Crippen molar-refractivity contribution >= 4 is 5.91 Å². The van der Waals surface area contributed by atoms with Gasteiger partial charge in [-0.1, -0.05) is 24.3 Å². The summed E-state index contributed by atoms with van der Waals surface area (Å²) < 4.78 is 5.17. The fourth-order valence-electron chi connectivity index (χ4n) is 4.10. The summed E-state index contributed by atoms with van der Waals surface area (Å²) in [6, 6.07) is 15.5. The average Bonchev–Trinajstić information content (AvgIpc) is 2.82. The molecular weight excluding hydrogens is 390 g/mol. The molecule has 2 aromatic carbocycles. The highest BCUT2D eigenvalue weighted by atomic mass is 16.5. The van der Waals surface area contributed by atoms with Gasteiger partial charge >= 0.3 is 0 Å². The Morgan fingerprint density at radius 1 is 1.06 bits per heavy atom. The number of hydrogen-bond donors (Lipinski definition) is 2. The van der Waals surface area contributed by atoms with E-state index in [9.17, 15) is 9.59 Å². The Labute approximate surface area is 181 Å². The summed E-state index contributed by atoms with van der Waals surface area (Å²) >= 11 is 0. The maximum Gasteiger partial charge on any atom is 0.267 e. The van der Waals surface area contributed by atoms with Gasteiger partial charge in [-0.2, -0.15) is 5.10 Å². The number of aromatic amines is 1. The number of ether oxygens (including phenoxy) is 1. The second-order valence-electron chi connectivity index (χ2n) is 7.89. The number of rotatable bonds is 7. The van der Waals surface area contributed by atoms with Crippen molar-refractivity contribution in [3.8, 4) is 5.75 Å². The Morgan fingerprint density at radius 3 is 2.61 bits per heavy atom. The topological polar surface area (TPSA) is 84.1 Å². The van der Waals surface area contributed by atoms with Gasteiger partial charge in [-0.15, -0.1) is 0 Å². The fourth-order valence-corrected chi connectivity index (χ4v) is 4.10. The van der Waals surface area contributed by atoms with Gasteiger partial charge in [0.05, 0.1) is 12.8 Å². The molecule has 1 amide bonds. The van der Waals surface area contributed by atoms with Crippen molar-refractivity contribution < 1.29 is 9.53 Å². The van der Waals surface area contributed by atoms with Gasteiger partial charge in [-0.05, 0) is 73.1 Å². The van der Waals surface area contributed by atoms with Gasteiger partial charge in [-0.25, -0.2) is 5.10 Å². The quantitative estimate of drug-likeness (QED) is 0.618. The third-order valence-corrected chi connectivity index (χ3v) is 5.80. The van der Waals surface area contributed by atoms with Crippen molar-refractivity contribution in [3.63, 3.8) is 0 Å². The molecule has 3 aromatic rings. The Kier molecular flexibility index (Phi) is 6.46. The van der Waals surface area contributed by atoms with Gasteiger partial charge in [0.15, 0.2) is 0 Å². The number of methoxy groups -OCH3 is 1. The van der Waals surface area contributed by atoms with E-state index >= 15 is 0 Å². The molecule has 1 aliphatic carbocycles. The van der Waals surface area contributed by atoms with Crippen LogP contribution in [0.15, 0.2) is 53.3 Å². The third-order valence-electron chi connectivity index (χ3n) is 5.80. The number of hydrogen-bond acceptors (Lipinski definition) is 4. The minimum absolute atomic E-state index is 0.0663. The summed E-state index contributed by atoms with van der Waals surface area (Å²) in [5, 5.41) is 9.94. The molecule has 0 bridgehead atoms. The van der Waals surface area contributed by atoms with Crippen molar-refractivity contribution in [1.29, 1.82) is 0 Å². The van der Waals surface area contributed by atoms with Crippen LogP contribution in [0.1, 0.15) is 51.1 Å². The molecule has 0 radical (unpaired) electrons. The van der Waals surface area contributed by atoms with Gasteiger partial charge in [-0.3, -0.25) is 9.59 Å². The predicted molar refractivity (Wildman–Crippen MR) is 120 cm³/mol. The van der Waals surface area contributed by atoms with Gasteiger partial charge in [0.1, 0.15) is 5.75 Å². The molecule has 0 saturated heterocycles. The van der Waals surface area contributed by atoms with E-state index in [1.54, 1.807) is 7.11 Å². The SMILES string of the molecule is COc1ccc(CCNC(=O)c2cccc(Cc3n[nH]c(=O)c4c3CCCC4)c2)cc1. The van der Waals surface area contributed by atoms with Crippen molar-refractivity contribution in [1.82, 2.24) is 15.5 Å². The van der Waals surface area contributed by atoms with Gasteiger partial charge < -0.3 is 10.1 Å². The van der Waals surface area contributed by atoms with Crippen molar-refractivity contribution in [2.75, 3.05) is 13.7 Å². The van der Waals surface area contributed by atoms with Crippen LogP contribution in [0.3, 0.4) is 0 Å². The molecule has 0 saturated carbocycles. The van der Waals surface area contributed by atoms with Gasteiger partial charge in [0.2, 0.25) is 0 Å². The van der Waals surface area contributed by atoms with E-state index < -0.39 is 0 Å². The summed E-state index contributed by atoms with van der Waals surface area (Å²) in [5.74, 6) is 0.731. The molecule has 1 aromatic heterocycles. The number of fused-ring (bicyclic) bond motifs is 1. The number of benzene rings is 2. The summed E-state index contributed by atoms with van der Waals surface area (Å²) in [5.41, 5.74) is 5.59. The van der Waals surface area contributed by atoms with E-state index in [1.165, 1.54) is 0 Å². The van der Waals surface area contributed by atoms with Crippen LogP contribution in [0.5, 0.6) is 5.75 Å². The average molecular weight is 418 g/mol. The van der Waals surface area contributed by atoms with Crippen LogP contribution in [0.25, 0.3) is 0 Å². The fraction of sp³-hybridized carbons (Fsp3) is 0.320. The molecule has 1 aliphatic rings. The number of nitrogens with one attached hydrogen (secondary N) is 2. The van der Waals surface area contributed by atoms with Crippen molar-refractivity contribution in [2.45, 2.75) is 38.5 Å². The van der Waals surface area contributed by atoms with E-state index in [0.717, 1.165) is 65.8 Å². The lowest BCUT2D eigenvalue weighted by atomic mass is 9.90. The van der Waals surface area contributed by atoms with Crippen LogP contribution >= 0.6 is 0 Å². The number of nitrogens with zero attached hydrogens (tertiary/aromatic N) is 1. The van der Waals surface area contributed by atoms with Crippen LogP contribution in [0.4, 0.5) is 0 Å². The minimum atomic E-state index is -0.0909. The van der Waals surface area contributed by atoms with Gasteiger partial charge in [0.25, 0.3) is 11.5 Å². The van der Waals surface area contributed by atoms with E-state index in [1.807, 2.05) is 48.5 Å². The van der Waals surface area contributed by atoms with E-state index in [2.05, 4.69) is 15.5 Å². The number of H-pyrrole nitrogens is 1. The minimum Gasteiger partial charge on any atom is -0.497 e. The standard InChI is InChI=1S/C25H27N3O3/c1-31-20-11-9-17(10-12-20)13-14-26-24(29)19-6-4-5-18(15-19)16-23-21-7-2-3-8-22(21)25(30)28-27-23/h4-6,9-12,15H,2-3,7-8,13-14,16H2,1H3,(H,26,29)(H,28,30). The second-order valence-corrected chi connectivity index (χ2v) is 7.89. The molecule has 4 rings (SSSR count). The normalized spacial score (nSPS) is 12.8. The van der Waals surface area contributed by atoms with E-state index in [-0.39, 0.29) is 11.5 Å². The first kappa shape index (κ1) is 20.8. The monoisotopic (exact) mass is 417 g/mol. The highest BCUT2D eigenvalue weighted by molar-refractivity contribution is 5.94. The molecule has 0 spiro atoms. The predicted octanol–water partition coefficient (Wildman–Crippen LogP) is 3.22. The Morgan fingerprint density at radius 2 is 1.84 bits per heavy atom. The lowest BCUT2D eigenvalue weighted by molar-refractivity contribution is 0.0954. The number of carbonyl (C=O) groups excluding carboxylic acids is 1. The molecule has 0 fully saturated rings. The van der Waals surface area contributed by atoms with Crippen molar-refractivity contribution in [3.05, 3.63) is 92.4 Å². The first-order valence-corrected chi connectivity index (χ1v) is 10.7. The zero-order chi connectivity index (χ0) is 21.6. The number of amides is 1. The van der Waals surface area contributed by atoms with Crippen LogP contribution in [0, 0.1) is 0 Å². The molecule has 31 heavy (non-hydrogen) atoms. The van der Waals surface area contributed by atoms with Crippen LogP contribution in [-0.2, 0) is 25.7 Å². The van der Waals surface area contributed by atoms with Crippen LogP contribution < -0.4 is 15.6 Å². The zero-order valence-electron chi connectivity index (χ0n) is 17.7. The molecule has 6 heteroatoms. The smallest absolute Gasteiger partial charge is 0.267 e. The molecule has 160 valence electrons. The third kappa shape index (κ3) is 5.02. The Hall–Kier alpha value is -3.41. The van der Waals surface area contributed by atoms with Crippen LogP contribution in [-0.4, -0.2) is 29.8 Å². The van der Waals surface area contributed by atoms with E-state index in [4.69, 9.17) is 4.74 Å². The Balaban J connectivity index is 1.40. The maximum atomic E-state index is 12.6. The number of aromatic nitrogens is 2. The second kappa shape index (κ2) is 9.60. The zero-order valence-corrected chi connectivity index (χ0v) is 17.7. The summed E-state index contributed by atoms with van der Waals surface area (Å²) in [6.45, 7) is 0.560. The summed E-state index contributed by atoms with van der Waals surface area (Å²) in [6.07, 6.45) is 5.20. The molecule has 0 atom stereocenters. The van der Waals surface area contributed by atoms with Gasteiger partial charge in [0, 0.05) is 24.1 Å². The first-order chi connectivity index (χ1) is 15.1. The highest BCUT2D eigenvalue weighted by Gasteiger charge is 2.18. The lowest BCUT2D eigenvalue weighted by Crippen LogP contribution is -2.26. The highest BCUT2D eigenvalue weighted by Crippen LogP contribution is 2.22. The Bertz CT molecular complexity index is 1120. The molecule has 1 heterocycles. The van der Waals surface area contributed by atoms with Crippen LogP contribution in [0.2, 0.25) is 0 Å².